The van der Waals surface area contributed by atoms with Gasteiger partial charge in [-0.3, -0.25) is 0 Å². The van der Waals surface area contributed by atoms with E-state index in [1.54, 1.807) is 29.1 Å². The molecule has 0 aliphatic carbocycles. The Bertz CT molecular complexity index is 566. The van der Waals surface area contributed by atoms with Crippen LogP contribution in [0.25, 0.3) is 0 Å². The van der Waals surface area contributed by atoms with Crippen molar-refractivity contribution in [2.24, 2.45) is 0 Å². The number of hydrogen-bond donors (Lipinski definition) is 1. The molecule has 1 N–H and O–H groups in total. The Morgan fingerprint density at radius 2 is 2.18 bits per heavy atom. The van der Waals surface area contributed by atoms with Gasteiger partial charge in [0, 0.05) is 11.2 Å². The SMILES string of the molecule is Cc1cnn(C(=S)Nc2cc(Cl)ccc2Cl)c1. The van der Waals surface area contributed by atoms with Gasteiger partial charge in [-0.05, 0) is 42.9 Å². The largest absolute Gasteiger partial charge is 0.330 e. The van der Waals surface area contributed by atoms with Crippen LogP contribution in [-0.2, 0) is 0 Å². The lowest BCUT2D eigenvalue weighted by Crippen LogP contribution is -2.19. The number of nitrogens with zero attached hydrogens (tertiary/aromatic N) is 2. The molecule has 0 bridgehead atoms. The minimum atomic E-state index is 0.447. The summed E-state index contributed by atoms with van der Waals surface area (Å²) in [5.41, 5.74) is 1.70. The fraction of sp³-hybridized carbons (Fsp3) is 0.0909. The molecule has 0 aliphatic rings. The lowest BCUT2D eigenvalue weighted by Gasteiger charge is -2.09. The molecule has 1 aromatic heterocycles. The molecule has 0 aliphatic heterocycles. The second kappa shape index (κ2) is 5.04. The predicted molar refractivity (Wildman–Crippen MR) is 75.0 cm³/mol. The van der Waals surface area contributed by atoms with E-state index in [1.165, 1.54) is 0 Å². The maximum absolute atomic E-state index is 6.02. The Morgan fingerprint density at radius 3 is 2.82 bits per heavy atom. The lowest BCUT2D eigenvalue weighted by molar-refractivity contribution is 0.947. The molecule has 2 aromatic rings. The molecule has 0 saturated heterocycles. The Morgan fingerprint density at radius 1 is 1.41 bits per heavy atom. The van der Waals surface area contributed by atoms with Gasteiger partial charge in [-0.2, -0.15) is 5.10 Å². The van der Waals surface area contributed by atoms with Crippen molar-refractivity contribution in [3.63, 3.8) is 0 Å². The normalized spacial score (nSPS) is 10.3. The first kappa shape index (κ1) is 12.4. The summed E-state index contributed by atoms with van der Waals surface area (Å²) in [6.07, 6.45) is 3.56. The fourth-order valence-corrected chi connectivity index (χ4v) is 1.84. The number of rotatable bonds is 1. The predicted octanol–water partition coefficient (Wildman–Crippen LogP) is 3.74. The lowest BCUT2D eigenvalue weighted by atomic mass is 10.3. The van der Waals surface area contributed by atoms with E-state index in [2.05, 4.69) is 10.4 Å². The van der Waals surface area contributed by atoms with Gasteiger partial charge in [0.05, 0.1) is 16.9 Å². The van der Waals surface area contributed by atoms with Crippen LogP contribution < -0.4 is 5.32 Å². The van der Waals surface area contributed by atoms with E-state index in [-0.39, 0.29) is 0 Å². The number of hydrogen-bond acceptors (Lipinski definition) is 2. The van der Waals surface area contributed by atoms with E-state index in [1.807, 2.05) is 13.1 Å². The molecule has 1 heterocycles. The van der Waals surface area contributed by atoms with Crippen LogP contribution in [0, 0.1) is 6.92 Å². The third-order valence-corrected chi connectivity index (χ3v) is 2.94. The van der Waals surface area contributed by atoms with Crippen LogP contribution in [0.4, 0.5) is 5.69 Å². The number of aryl methyl sites for hydroxylation is 1. The van der Waals surface area contributed by atoms with Crippen molar-refractivity contribution >= 4 is 46.2 Å². The van der Waals surface area contributed by atoms with Gasteiger partial charge in [0.2, 0.25) is 0 Å². The van der Waals surface area contributed by atoms with E-state index >= 15 is 0 Å². The zero-order chi connectivity index (χ0) is 12.4. The molecule has 0 fully saturated rings. The van der Waals surface area contributed by atoms with Crippen molar-refractivity contribution in [1.82, 2.24) is 9.78 Å². The molecule has 0 atom stereocenters. The monoisotopic (exact) mass is 285 g/mol. The topological polar surface area (TPSA) is 29.9 Å². The number of aromatic nitrogens is 2. The number of halogens is 2. The van der Waals surface area contributed by atoms with Crippen LogP contribution >= 0.6 is 35.4 Å². The van der Waals surface area contributed by atoms with Crippen molar-refractivity contribution in [2.75, 3.05) is 5.32 Å². The maximum atomic E-state index is 6.02. The molecule has 6 heteroatoms. The quantitative estimate of drug-likeness (QED) is 0.810. The third-order valence-electron chi connectivity index (χ3n) is 2.09. The van der Waals surface area contributed by atoms with Crippen molar-refractivity contribution in [1.29, 1.82) is 0 Å². The Hall–Kier alpha value is -1.10. The van der Waals surface area contributed by atoms with Gasteiger partial charge in [0.1, 0.15) is 0 Å². The molecule has 0 saturated carbocycles. The van der Waals surface area contributed by atoms with E-state index < -0.39 is 0 Å². The number of anilines is 1. The molecule has 0 unspecified atom stereocenters. The van der Waals surface area contributed by atoms with Crippen molar-refractivity contribution < 1.29 is 0 Å². The molecule has 0 radical (unpaired) electrons. The molecule has 17 heavy (non-hydrogen) atoms. The molecule has 3 nitrogen and oxygen atoms in total. The molecular weight excluding hydrogens is 277 g/mol. The first-order chi connectivity index (χ1) is 8.06. The van der Waals surface area contributed by atoms with Crippen LogP contribution in [-0.4, -0.2) is 14.9 Å². The summed E-state index contributed by atoms with van der Waals surface area (Å²) in [5, 5.41) is 8.69. The molecular formula is C11H9Cl2N3S. The van der Waals surface area contributed by atoms with Crippen molar-refractivity contribution in [3.8, 4) is 0 Å². The molecule has 1 aromatic carbocycles. The standard InChI is InChI=1S/C11H9Cl2N3S/c1-7-5-14-16(6-7)11(17)15-10-4-8(12)2-3-9(10)13/h2-6H,1H3,(H,15,17). The summed E-state index contributed by atoms with van der Waals surface area (Å²) in [5.74, 6) is 0. The highest BCUT2D eigenvalue weighted by atomic mass is 35.5. The number of thiocarbonyl (C=S) groups is 1. The second-order valence-electron chi connectivity index (χ2n) is 3.52. The van der Waals surface area contributed by atoms with Crippen LogP contribution in [0.1, 0.15) is 5.56 Å². The second-order valence-corrected chi connectivity index (χ2v) is 4.75. The Kier molecular flexibility index (Phi) is 3.66. The molecule has 88 valence electrons. The van der Waals surface area contributed by atoms with E-state index in [0.29, 0.717) is 20.8 Å². The van der Waals surface area contributed by atoms with Crippen LogP contribution in [0.5, 0.6) is 0 Å². The third kappa shape index (κ3) is 2.97. The van der Waals surface area contributed by atoms with Gasteiger partial charge in [-0.15, -0.1) is 0 Å². The summed E-state index contributed by atoms with van der Waals surface area (Å²) in [4.78, 5) is 0. The summed E-state index contributed by atoms with van der Waals surface area (Å²) in [7, 11) is 0. The van der Waals surface area contributed by atoms with Crippen LogP contribution in [0.15, 0.2) is 30.6 Å². The van der Waals surface area contributed by atoms with E-state index in [9.17, 15) is 0 Å². The zero-order valence-electron chi connectivity index (χ0n) is 8.95. The molecule has 0 spiro atoms. The number of benzene rings is 1. The average molecular weight is 286 g/mol. The highest BCUT2D eigenvalue weighted by molar-refractivity contribution is 7.80. The van der Waals surface area contributed by atoms with Gasteiger partial charge >= 0.3 is 0 Å². The first-order valence-electron chi connectivity index (χ1n) is 4.84. The Balaban J connectivity index is 2.21. The van der Waals surface area contributed by atoms with Gasteiger partial charge in [0.25, 0.3) is 0 Å². The van der Waals surface area contributed by atoms with Crippen molar-refractivity contribution in [2.45, 2.75) is 6.92 Å². The summed E-state index contributed by atoms with van der Waals surface area (Å²) in [6, 6.07) is 5.14. The van der Waals surface area contributed by atoms with Gasteiger partial charge in [0.15, 0.2) is 5.11 Å². The highest BCUT2D eigenvalue weighted by Gasteiger charge is 2.06. The minimum Gasteiger partial charge on any atom is -0.330 e. The van der Waals surface area contributed by atoms with Gasteiger partial charge < -0.3 is 5.32 Å². The first-order valence-corrected chi connectivity index (χ1v) is 6.00. The molecule has 0 amide bonds. The number of nitrogens with one attached hydrogen (secondary N) is 1. The maximum Gasteiger partial charge on any atom is 0.198 e. The smallest absolute Gasteiger partial charge is 0.198 e. The van der Waals surface area contributed by atoms with E-state index in [4.69, 9.17) is 35.4 Å². The van der Waals surface area contributed by atoms with Crippen LogP contribution in [0.2, 0.25) is 10.0 Å². The fourth-order valence-electron chi connectivity index (χ4n) is 1.29. The molecule has 2 rings (SSSR count). The zero-order valence-corrected chi connectivity index (χ0v) is 11.3. The summed E-state index contributed by atoms with van der Waals surface area (Å²) < 4.78 is 1.57. The Labute approximate surface area is 114 Å². The minimum absolute atomic E-state index is 0.447. The van der Waals surface area contributed by atoms with Gasteiger partial charge in [-0.25, -0.2) is 4.68 Å². The van der Waals surface area contributed by atoms with Gasteiger partial charge in [-0.1, -0.05) is 23.2 Å². The van der Waals surface area contributed by atoms with Crippen molar-refractivity contribution in [3.05, 3.63) is 46.2 Å². The average Bonchev–Trinajstić information content (AvgIpc) is 2.70. The summed E-state index contributed by atoms with van der Waals surface area (Å²) in [6.45, 7) is 1.94. The van der Waals surface area contributed by atoms with Crippen LogP contribution in [0.3, 0.4) is 0 Å². The summed E-state index contributed by atoms with van der Waals surface area (Å²) >= 11 is 17.1. The highest BCUT2D eigenvalue weighted by Crippen LogP contribution is 2.25. The van der Waals surface area contributed by atoms with E-state index in [0.717, 1.165) is 5.56 Å².